The number of rotatable bonds is 14. The van der Waals surface area contributed by atoms with Gasteiger partial charge in [0, 0.05) is 52.2 Å². The Morgan fingerprint density at radius 1 is 1.02 bits per heavy atom. The minimum atomic E-state index is -1.49. The van der Waals surface area contributed by atoms with Crippen LogP contribution < -0.4 is 15.6 Å². The number of ether oxygens (including phenoxy) is 2. The molecule has 0 aliphatic carbocycles. The number of nitrogens with zero attached hydrogens (tertiary/aromatic N) is 4. The molecule has 0 fully saturated rings. The van der Waals surface area contributed by atoms with Crippen molar-refractivity contribution in [3.8, 4) is 5.75 Å². The number of azide groups is 1. The van der Waals surface area contributed by atoms with Crippen molar-refractivity contribution >= 4 is 33.4 Å². The van der Waals surface area contributed by atoms with Crippen LogP contribution in [0.25, 0.3) is 10.4 Å². The number of hydrogen-bond donors (Lipinski definition) is 3. The molecule has 0 radical (unpaired) electrons. The molecule has 1 aliphatic rings. The molecule has 0 aromatic heterocycles. The Bertz CT molecular complexity index is 1680. The summed E-state index contributed by atoms with van der Waals surface area (Å²) in [4.78, 5) is 22.5. The molecule has 0 saturated carbocycles. The molecule has 0 spiro atoms. The van der Waals surface area contributed by atoms with Gasteiger partial charge in [0.2, 0.25) is 5.90 Å². The first-order chi connectivity index (χ1) is 22.0. The molecule has 1 heterocycles. The van der Waals surface area contributed by atoms with Crippen molar-refractivity contribution in [2.45, 2.75) is 30.9 Å². The third kappa shape index (κ3) is 7.71. The largest absolute Gasteiger partial charge is 0.494 e. The van der Waals surface area contributed by atoms with Gasteiger partial charge in [0.25, 0.3) is 5.91 Å². The lowest BCUT2D eigenvalue weighted by Crippen LogP contribution is -2.54. The molecule has 0 saturated heterocycles. The van der Waals surface area contributed by atoms with Crippen molar-refractivity contribution in [2.75, 3.05) is 19.8 Å². The van der Waals surface area contributed by atoms with E-state index in [1.807, 2.05) is 72.8 Å². The lowest BCUT2D eigenvalue weighted by molar-refractivity contribution is -0.130. The van der Waals surface area contributed by atoms with Crippen molar-refractivity contribution in [1.29, 1.82) is 0 Å². The number of hydrogen-bond acceptors (Lipinski definition) is 7. The van der Waals surface area contributed by atoms with Crippen molar-refractivity contribution in [3.63, 3.8) is 0 Å². The predicted octanol–water partition coefficient (Wildman–Crippen LogP) is 6.52. The van der Waals surface area contributed by atoms with Crippen LogP contribution in [0.4, 0.5) is 5.69 Å². The molecular weight excluding hydrogens is 636 g/mol. The summed E-state index contributed by atoms with van der Waals surface area (Å²) in [7, 11) is 0. The molecule has 0 bridgehead atoms. The summed E-state index contributed by atoms with van der Waals surface area (Å²) >= 11 is 3.64. The number of carbonyl (C=O) groups excluding carboxylic acids is 1. The number of halogens is 1. The molecule has 4 aromatic carbocycles. The van der Waals surface area contributed by atoms with Crippen molar-refractivity contribution in [3.05, 3.63) is 140 Å². The van der Waals surface area contributed by atoms with Crippen LogP contribution >= 0.6 is 15.9 Å². The Morgan fingerprint density at radius 2 is 1.76 bits per heavy atom. The smallest absolute Gasteiger partial charge is 0.266 e. The van der Waals surface area contributed by atoms with Crippen LogP contribution in [-0.2, 0) is 22.4 Å². The Hall–Kier alpha value is -4.67. The maximum atomic E-state index is 14.4. The Morgan fingerprint density at radius 3 is 2.51 bits per heavy atom. The van der Waals surface area contributed by atoms with Gasteiger partial charge in [-0.05, 0) is 53.4 Å². The van der Waals surface area contributed by atoms with Gasteiger partial charge in [0.1, 0.15) is 5.75 Å². The minimum Gasteiger partial charge on any atom is -0.494 e. The highest BCUT2D eigenvalue weighted by atomic mass is 79.9. The van der Waals surface area contributed by atoms with E-state index in [0.29, 0.717) is 48.6 Å². The maximum absolute atomic E-state index is 14.4. The molecule has 11 heteroatoms. The van der Waals surface area contributed by atoms with Gasteiger partial charge in [-0.15, -0.1) is 0 Å². The number of amides is 1. The van der Waals surface area contributed by atoms with E-state index < -0.39 is 17.6 Å². The van der Waals surface area contributed by atoms with Gasteiger partial charge in [-0.3, -0.25) is 10.2 Å². The molecule has 45 heavy (non-hydrogen) atoms. The molecule has 1 aliphatic heterocycles. The number of aliphatic hydroxyl groups excluding tert-OH is 1. The topological polar surface area (TPSA) is 141 Å². The number of nitrogens with one attached hydrogen (secondary N) is 2. The van der Waals surface area contributed by atoms with Crippen LogP contribution in [0.5, 0.6) is 5.75 Å². The van der Waals surface area contributed by atoms with Crippen LogP contribution in [-0.4, -0.2) is 42.2 Å². The zero-order chi connectivity index (χ0) is 31.5. The summed E-state index contributed by atoms with van der Waals surface area (Å²) in [6.45, 7) is 0.929. The lowest BCUT2D eigenvalue weighted by Gasteiger charge is -2.31. The lowest BCUT2D eigenvalue weighted by atomic mass is 9.81. The van der Waals surface area contributed by atoms with Crippen molar-refractivity contribution < 1.29 is 19.4 Å². The fourth-order valence-electron chi connectivity index (χ4n) is 5.14. The van der Waals surface area contributed by atoms with Gasteiger partial charge in [0.15, 0.2) is 11.6 Å². The number of benzene rings is 4. The van der Waals surface area contributed by atoms with Gasteiger partial charge in [0.05, 0.1) is 6.61 Å². The molecule has 5 rings (SSSR count). The number of hydrazine groups is 1. The van der Waals surface area contributed by atoms with E-state index in [-0.39, 0.29) is 18.9 Å². The van der Waals surface area contributed by atoms with Gasteiger partial charge in [-0.2, -0.15) is 0 Å². The quantitative estimate of drug-likeness (QED) is 0.0461. The summed E-state index contributed by atoms with van der Waals surface area (Å²) in [5.41, 5.74) is 17.3. The molecule has 3 N–H and O–H groups in total. The van der Waals surface area contributed by atoms with Gasteiger partial charge >= 0.3 is 0 Å². The van der Waals surface area contributed by atoms with E-state index >= 15 is 0 Å². The molecule has 230 valence electrons. The van der Waals surface area contributed by atoms with E-state index in [0.717, 1.165) is 15.6 Å². The average Bonchev–Trinajstić information content (AvgIpc) is 3.45. The zero-order valence-corrected chi connectivity index (χ0v) is 26.1. The zero-order valence-electron chi connectivity index (χ0n) is 24.5. The first-order valence-corrected chi connectivity index (χ1v) is 15.4. The third-order valence-electron chi connectivity index (χ3n) is 7.40. The van der Waals surface area contributed by atoms with Crippen LogP contribution in [0.1, 0.15) is 34.8 Å². The van der Waals surface area contributed by atoms with Gasteiger partial charge in [-0.25, -0.2) is 10.4 Å². The second-order valence-electron chi connectivity index (χ2n) is 10.4. The van der Waals surface area contributed by atoms with Gasteiger partial charge in [-0.1, -0.05) is 93.8 Å². The van der Waals surface area contributed by atoms with Crippen molar-refractivity contribution in [1.82, 2.24) is 10.9 Å². The standard InChI is InChI=1S/C34H33BrN6O4/c35-29-13-6-4-11-26(29)23-34(33(43)40-37-20-19-24-9-2-1-3-10-24)31(28-12-5-7-14-30(28)39-41-36)45-32(38-34)25-15-17-27(18-16-25)44-22-8-21-42/h1-7,9-18,31,37,42H,8,19-23H2,(H,40,43)/t31-,34-/m0/s1. The normalized spacial score (nSPS) is 17.1. The maximum Gasteiger partial charge on any atom is 0.266 e. The van der Waals surface area contributed by atoms with E-state index in [1.54, 1.807) is 30.3 Å². The summed E-state index contributed by atoms with van der Waals surface area (Å²) < 4.78 is 13.1. The fourth-order valence-corrected chi connectivity index (χ4v) is 5.57. The Labute approximate surface area is 269 Å². The number of aliphatic hydroxyl groups is 1. The molecule has 4 aromatic rings. The third-order valence-corrected chi connectivity index (χ3v) is 8.18. The fraction of sp³-hybridized carbons (Fsp3) is 0.235. The Kier molecular flexibility index (Phi) is 10.8. The first-order valence-electron chi connectivity index (χ1n) is 14.6. The summed E-state index contributed by atoms with van der Waals surface area (Å²) in [5, 5.41) is 13.0. The SMILES string of the molecule is [N-]=[N+]=Nc1ccccc1[C@@H]1OC(c2ccc(OCCCO)cc2)=N[C@]1(Cc1ccccc1Br)C(=O)NNCCc1ccccc1. The molecule has 10 nitrogen and oxygen atoms in total. The van der Waals surface area contributed by atoms with E-state index in [4.69, 9.17) is 19.6 Å². The predicted molar refractivity (Wildman–Crippen MR) is 176 cm³/mol. The molecule has 2 atom stereocenters. The molecule has 1 amide bonds. The highest BCUT2D eigenvalue weighted by Crippen LogP contribution is 2.46. The van der Waals surface area contributed by atoms with Gasteiger partial charge < -0.3 is 14.6 Å². The monoisotopic (exact) mass is 668 g/mol. The molecular formula is C34H33BrN6O4. The highest BCUT2D eigenvalue weighted by molar-refractivity contribution is 9.10. The second-order valence-corrected chi connectivity index (χ2v) is 11.3. The molecule has 0 unspecified atom stereocenters. The van der Waals surface area contributed by atoms with E-state index in [2.05, 4.69) is 36.8 Å². The minimum absolute atomic E-state index is 0.0459. The first kappa shape index (κ1) is 31.7. The van der Waals surface area contributed by atoms with Crippen LogP contribution in [0.2, 0.25) is 0 Å². The average molecular weight is 670 g/mol. The highest BCUT2D eigenvalue weighted by Gasteiger charge is 2.54. The van der Waals surface area contributed by atoms with Crippen molar-refractivity contribution in [2.24, 2.45) is 10.1 Å². The second kappa shape index (κ2) is 15.4. The number of carbonyl (C=O) groups is 1. The Balaban J connectivity index is 1.54. The summed E-state index contributed by atoms with van der Waals surface area (Å²) in [5.74, 6) is 0.506. The van der Waals surface area contributed by atoms with E-state index in [1.165, 1.54) is 0 Å². The summed E-state index contributed by atoms with van der Waals surface area (Å²) in [6, 6.07) is 31.9. The summed E-state index contributed by atoms with van der Waals surface area (Å²) in [6.07, 6.45) is 0.481. The van der Waals surface area contributed by atoms with E-state index in [9.17, 15) is 10.3 Å². The van der Waals surface area contributed by atoms with Crippen LogP contribution in [0, 0.1) is 0 Å². The number of aliphatic imine (C=N–C) groups is 1. The van der Waals surface area contributed by atoms with Crippen LogP contribution in [0.3, 0.4) is 0 Å². The van der Waals surface area contributed by atoms with Crippen LogP contribution in [0.15, 0.2) is 118 Å².